The number of nitrogens with one attached hydrogen (secondary N) is 1. The maximum absolute atomic E-state index is 14.5. The van der Waals surface area contributed by atoms with E-state index in [0.717, 1.165) is 19.0 Å². The molecule has 3 aromatic heterocycles. The number of hydrogen-bond acceptors (Lipinski definition) is 8. The van der Waals surface area contributed by atoms with Crippen molar-refractivity contribution in [2.45, 2.75) is 64.6 Å². The van der Waals surface area contributed by atoms with E-state index in [9.17, 15) is 14.0 Å². The summed E-state index contributed by atoms with van der Waals surface area (Å²) in [5.41, 5.74) is 0.662. The Morgan fingerprint density at radius 2 is 2.13 bits per heavy atom. The first-order chi connectivity index (χ1) is 18.5. The largest absolute Gasteiger partial charge is 0.462 e. The van der Waals surface area contributed by atoms with Gasteiger partial charge in [0.1, 0.15) is 28.5 Å². The monoisotopic (exact) mass is 534 g/mol. The van der Waals surface area contributed by atoms with Gasteiger partial charge in [-0.05, 0) is 71.4 Å². The van der Waals surface area contributed by atoms with Gasteiger partial charge in [0.25, 0.3) is 0 Å². The van der Waals surface area contributed by atoms with Gasteiger partial charge in [0.15, 0.2) is 5.65 Å². The van der Waals surface area contributed by atoms with Crippen molar-refractivity contribution in [3.63, 3.8) is 0 Å². The maximum Gasteiger partial charge on any atom is 0.408 e. The molecule has 11 heteroatoms. The van der Waals surface area contributed by atoms with Crippen molar-refractivity contribution in [1.29, 1.82) is 0 Å². The van der Waals surface area contributed by atoms with Crippen LogP contribution in [0, 0.1) is 23.6 Å². The minimum absolute atomic E-state index is 0.245. The minimum atomic E-state index is -0.625. The number of piperidine rings is 1. The second-order valence-electron chi connectivity index (χ2n) is 10.8. The molecule has 3 atom stereocenters. The fourth-order valence-electron chi connectivity index (χ4n) is 5.20. The first-order valence-corrected chi connectivity index (χ1v) is 13.0. The fraction of sp³-hybridized carbons (Fsp3) is 0.464. The number of fused-ring (bicyclic) bond motifs is 2. The van der Waals surface area contributed by atoms with Crippen LogP contribution in [0.3, 0.4) is 0 Å². The van der Waals surface area contributed by atoms with E-state index < -0.39 is 35.1 Å². The van der Waals surface area contributed by atoms with Gasteiger partial charge in [-0.3, -0.25) is 0 Å². The van der Waals surface area contributed by atoms with Crippen LogP contribution < -0.4 is 10.2 Å². The van der Waals surface area contributed by atoms with Crippen LogP contribution in [0.2, 0.25) is 0 Å². The van der Waals surface area contributed by atoms with E-state index in [0.29, 0.717) is 29.3 Å². The number of amides is 1. The van der Waals surface area contributed by atoms with Crippen molar-refractivity contribution in [2.24, 2.45) is 5.92 Å². The van der Waals surface area contributed by atoms with E-state index in [2.05, 4.69) is 32.1 Å². The van der Waals surface area contributed by atoms with E-state index in [1.807, 2.05) is 6.07 Å². The molecule has 0 bridgehead atoms. The molecule has 4 heterocycles. The number of pyridine rings is 1. The van der Waals surface area contributed by atoms with Gasteiger partial charge in [0.05, 0.1) is 30.6 Å². The van der Waals surface area contributed by atoms with Crippen molar-refractivity contribution < 1.29 is 23.5 Å². The predicted molar refractivity (Wildman–Crippen MR) is 141 cm³/mol. The summed E-state index contributed by atoms with van der Waals surface area (Å²) < 4.78 is 26.5. The average Bonchev–Trinajstić information content (AvgIpc) is 3.24. The number of nitrogens with zero attached hydrogens (tertiary/aromatic N) is 5. The molecule has 5 rings (SSSR count). The zero-order chi connectivity index (χ0) is 27.9. The molecule has 1 aliphatic heterocycles. The van der Waals surface area contributed by atoms with Crippen molar-refractivity contribution in [1.82, 2.24) is 24.9 Å². The van der Waals surface area contributed by atoms with Gasteiger partial charge < -0.3 is 19.7 Å². The molecule has 39 heavy (non-hydrogen) atoms. The first kappa shape index (κ1) is 26.4. The van der Waals surface area contributed by atoms with Gasteiger partial charge in [0, 0.05) is 18.3 Å². The SMILES string of the molecule is CCOC(=O)c1cnn2ccc(N3CCC4CC43c3cc(F)cnc3C#CC(C)NC(=O)OC(C)(C)C)nc12. The zero-order valence-electron chi connectivity index (χ0n) is 22.6. The second-order valence-corrected chi connectivity index (χ2v) is 10.8. The molecule has 204 valence electrons. The Labute approximate surface area is 225 Å². The topological polar surface area (TPSA) is 111 Å². The molecule has 0 spiro atoms. The Hall–Kier alpha value is -4.20. The number of halogens is 1. The van der Waals surface area contributed by atoms with Crippen molar-refractivity contribution in [2.75, 3.05) is 18.1 Å². The van der Waals surface area contributed by atoms with Crippen LogP contribution in [0.25, 0.3) is 5.65 Å². The van der Waals surface area contributed by atoms with Crippen LogP contribution in [0.4, 0.5) is 15.0 Å². The van der Waals surface area contributed by atoms with Crippen LogP contribution in [0.1, 0.15) is 69.1 Å². The predicted octanol–water partition coefficient (Wildman–Crippen LogP) is 3.83. The molecule has 2 fully saturated rings. The van der Waals surface area contributed by atoms with Crippen LogP contribution in [0.5, 0.6) is 0 Å². The third kappa shape index (κ3) is 5.11. The highest BCUT2D eigenvalue weighted by atomic mass is 19.1. The minimum Gasteiger partial charge on any atom is -0.462 e. The number of anilines is 1. The normalized spacial score (nSPS) is 20.6. The lowest BCUT2D eigenvalue weighted by Gasteiger charge is -2.30. The third-order valence-electron chi connectivity index (χ3n) is 6.84. The van der Waals surface area contributed by atoms with E-state index >= 15 is 0 Å². The first-order valence-electron chi connectivity index (χ1n) is 13.0. The van der Waals surface area contributed by atoms with Gasteiger partial charge in [-0.15, -0.1) is 0 Å². The molecular weight excluding hydrogens is 503 g/mol. The highest BCUT2D eigenvalue weighted by Gasteiger charge is 2.64. The van der Waals surface area contributed by atoms with E-state index in [-0.39, 0.29) is 18.1 Å². The van der Waals surface area contributed by atoms with Gasteiger partial charge in [-0.2, -0.15) is 5.10 Å². The van der Waals surface area contributed by atoms with E-state index in [1.165, 1.54) is 16.8 Å². The van der Waals surface area contributed by atoms with Crippen LogP contribution >= 0.6 is 0 Å². The molecular formula is C28H31FN6O4. The summed E-state index contributed by atoms with van der Waals surface area (Å²) in [6.45, 7) is 9.79. The molecule has 0 radical (unpaired) electrons. The van der Waals surface area contributed by atoms with Gasteiger partial charge in [-0.25, -0.2) is 28.5 Å². The highest BCUT2D eigenvalue weighted by Crippen LogP contribution is 2.63. The van der Waals surface area contributed by atoms with Crippen LogP contribution in [-0.2, 0) is 15.0 Å². The molecule has 1 saturated carbocycles. The fourth-order valence-corrected chi connectivity index (χ4v) is 5.20. The summed E-state index contributed by atoms with van der Waals surface area (Å²) in [5, 5.41) is 6.92. The van der Waals surface area contributed by atoms with Crippen molar-refractivity contribution in [3.05, 3.63) is 53.4 Å². The lowest BCUT2D eigenvalue weighted by atomic mass is 10.00. The number of carbonyl (C=O) groups excluding carboxylic acids is 2. The Morgan fingerprint density at radius 1 is 1.33 bits per heavy atom. The molecule has 10 nitrogen and oxygen atoms in total. The Kier molecular flexibility index (Phi) is 6.66. The lowest BCUT2D eigenvalue weighted by molar-refractivity contribution is 0.0512. The summed E-state index contributed by atoms with van der Waals surface area (Å²) in [6.07, 6.45) is 5.47. The number of hydrogen-bond donors (Lipinski definition) is 1. The van der Waals surface area contributed by atoms with Crippen molar-refractivity contribution in [3.8, 4) is 11.8 Å². The molecule has 3 unspecified atom stereocenters. The quantitative estimate of drug-likeness (QED) is 0.389. The van der Waals surface area contributed by atoms with Crippen molar-refractivity contribution >= 4 is 23.5 Å². The molecule has 1 saturated heterocycles. The number of esters is 1. The molecule has 2 aliphatic rings. The Bertz CT molecular complexity index is 1500. The number of carbonyl (C=O) groups is 2. The third-order valence-corrected chi connectivity index (χ3v) is 6.84. The molecule has 1 N–H and O–H groups in total. The molecule has 0 aromatic carbocycles. The maximum atomic E-state index is 14.5. The summed E-state index contributed by atoms with van der Waals surface area (Å²) in [7, 11) is 0. The number of aromatic nitrogens is 4. The van der Waals surface area contributed by atoms with E-state index in [1.54, 1.807) is 40.8 Å². The Balaban J connectivity index is 1.46. The molecule has 1 aliphatic carbocycles. The second kappa shape index (κ2) is 9.84. The number of ether oxygens (including phenoxy) is 2. The highest BCUT2D eigenvalue weighted by molar-refractivity contribution is 5.95. The summed E-state index contributed by atoms with van der Waals surface area (Å²) in [5.74, 6) is 6.04. The number of alkyl carbamates (subject to hydrolysis) is 1. The zero-order valence-corrected chi connectivity index (χ0v) is 22.6. The average molecular weight is 535 g/mol. The van der Waals surface area contributed by atoms with Gasteiger partial charge >= 0.3 is 12.1 Å². The van der Waals surface area contributed by atoms with Crippen LogP contribution in [0.15, 0.2) is 30.7 Å². The van der Waals surface area contributed by atoms with Gasteiger partial charge in [-0.1, -0.05) is 5.92 Å². The van der Waals surface area contributed by atoms with Gasteiger partial charge in [0.2, 0.25) is 0 Å². The smallest absolute Gasteiger partial charge is 0.408 e. The summed E-state index contributed by atoms with van der Waals surface area (Å²) in [6, 6.07) is 2.81. The Morgan fingerprint density at radius 3 is 2.85 bits per heavy atom. The summed E-state index contributed by atoms with van der Waals surface area (Å²) in [4.78, 5) is 35.8. The molecule has 1 amide bonds. The lowest BCUT2D eigenvalue weighted by Crippen LogP contribution is -2.37. The van der Waals surface area contributed by atoms with E-state index in [4.69, 9.17) is 14.5 Å². The number of rotatable bonds is 5. The standard InChI is InChI=1S/C28H31FN6O4/c1-6-38-25(36)20-16-31-35-12-10-23(33-24(20)35)34-11-9-18-14-28(18,34)21-13-19(29)15-30-22(21)8-7-17(2)32-26(37)39-27(3,4)5/h10,12-13,15-18H,6,9,11,14H2,1-5H3,(H,32,37). The molecule has 3 aromatic rings. The van der Waals surface area contributed by atoms with Crippen LogP contribution in [-0.4, -0.2) is 56.4 Å². The summed E-state index contributed by atoms with van der Waals surface area (Å²) >= 11 is 0.